The van der Waals surface area contributed by atoms with Crippen LogP contribution in [-0.4, -0.2) is 59.1 Å². The molecular formula is C27H29ClF6N4O4S. The van der Waals surface area contributed by atoms with Crippen LogP contribution >= 0.6 is 23.4 Å². The molecule has 0 bridgehead atoms. The number of amides is 1. The predicted molar refractivity (Wildman–Crippen MR) is 150 cm³/mol. The first kappa shape index (κ1) is 33.0. The molecule has 1 amide bonds. The van der Waals surface area contributed by atoms with E-state index in [1.54, 1.807) is 11.0 Å². The Labute approximate surface area is 252 Å². The van der Waals surface area contributed by atoms with Crippen LogP contribution in [0.5, 0.6) is 0 Å². The van der Waals surface area contributed by atoms with Crippen molar-refractivity contribution in [2.45, 2.75) is 73.3 Å². The summed E-state index contributed by atoms with van der Waals surface area (Å²) in [5.41, 5.74) is -5.98. The minimum Gasteiger partial charge on any atom is -0.382 e. The number of rotatable bonds is 9. The molecule has 1 saturated heterocycles. The van der Waals surface area contributed by atoms with Gasteiger partial charge < -0.3 is 20.3 Å². The van der Waals surface area contributed by atoms with Gasteiger partial charge in [-0.05, 0) is 80.6 Å². The van der Waals surface area contributed by atoms with E-state index in [0.29, 0.717) is 57.3 Å². The minimum absolute atomic E-state index is 0.00356. The highest BCUT2D eigenvalue weighted by Gasteiger charge is 2.38. The Kier molecular flexibility index (Phi) is 10.6. The molecule has 1 aliphatic heterocycles. The Hall–Kier alpha value is -2.91. The van der Waals surface area contributed by atoms with Crippen molar-refractivity contribution in [1.29, 1.82) is 0 Å². The molecule has 8 nitrogen and oxygen atoms in total. The fourth-order valence-electron chi connectivity index (χ4n) is 5.21. The van der Waals surface area contributed by atoms with E-state index in [0.717, 1.165) is 12.1 Å². The van der Waals surface area contributed by atoms with Crippen molar-refractivity contribution in [2.75, 3.05) is 30.3 Å². The van der Waals surface area contributed by atoms with E-state index in [1.165, 1.54) is 18.2 Å². The van der Waals surface area contributed by atoms with Crippen molar-refractivity contribution < 1.29 is 40.8 Å². The van der Waals surface area contributed by atoms with Gasteiger partial charge in [-0.2, -0.15) is 26.3 Å². The van der Waals surface area contributed by atoms with Crippen molar-refractivity contribution in [3.8, 4) is 0 Å². The molecular weight excluding hydrogens is 626 g/mol. The number of likely N-dealkylation sites (tertiary alicyclic amines) is 1. The maximum atomic E-state index is 13.3. The molecule has 16 heteroatoms. The molecule has 1 saturated carbocycles. The highest BCUT2D eigenvalue weighted by molar-refractivity contribution is 8.00. The third-order valence-corrected chi connectivity index (χ3v) is 8.59. The number of alkyl halides is 6. The number of nitro groups is 1. The fraction of sp³-hybridized carbons (Fsp3) is 0.519. The van der Waals surface area contributed by atoms with E-state index in [1.807, 2.05) is 0 Å². The van der Waals surface area contributed by atoms with Crippen LogP contribution in [-0.2, 0) is 15.7 Å². The topological polar surface area (TPSA) is 96.7 Å². The van der Waals surface area contributed by atoms with Crippen molar-refractivity contribution in [1.82, 2.24) is 4.90 Å². The summed E-state index contributed by atoms with van der Waals surface area (Å²) in [4.78, 5) is 24.2. The van der Waals surface area contributed by atoms with Crippen molar-refractivity contribution in [3.05, 3.63) is 57.1 Å². The van der Waals surface area contributed by atoms with Gasteiger partial charge in [0.15, 0.2) is 0 Å². The second-order valence-corrected chi connectivity index (χ2v) is 11.9. The van der Waals surface area contributed by atoms with Gasteiger partial charge in [-0.25, -0.2) is 0 Å². The summed E-state index contributed by atoms with van der Waals surface area (Å²) in [5.74, 6) is -0.152. The first-order valence-corrected chi connectivity index (χ1v) is 14.7. The second kappa shape index (κ2) is 13.8. The number of ether oxygens (including phenoxy) is 1. The van der Waals surface area contributed by atoms with E-state index in [-0.39, 0.29) is 58.1 Å². The van der Waals surface area contributed by atoms with Crippen LogP contribution in [0.3, 0.4) is 0 Å². The van der Waals surface area contributed by atoms with E-state index >= 15 is 0 Å². The fourth-order valence-corrected chi connectivity index (χ4v) is 6.05. The van der Waals surface area contributed by atoms with Gasteiger partial charge in [0.1, 0.15) is 12.2 Å². The summed E-state index contributed by atoms with van der Waals surface area (Å²) < 4.78 is 83.5. The molecule has 2 aromatic carbocycles. The second-order valence-electron chi connectivity index (χ2n) is 10.4. The number of nitro benzene ring substituents is 1. The van der Waals surface area contributed by atoms with Crippen LogP contribution < -0.4 is 10.6 Å². The van der Waals surface area contributed by atoms with Crippen molar-refractivity contribution in [3.63, 3.8) is 0 Å². The highest BCUT2D eigenvalue weighted by Crippen LogP contribution is 2.41. The predicted octanol–water partition coefficient (Wildman–Crippen LogP) is 7.72. The summed E-state index contributed by atoms with van der Waals surface area (Å²) in [6.45, 7) is 0.884. The maximum absolute atomic E-state index is 13.3. The van der Waals surface area contributed by atoms with Crippen molar-refractivity contribution >= 4 is 46.3 Å². The number of thioether (sulfide) groups is 1. The molecule has 1 aliphatic carbocycles. The van der Waals surface area contributed by atoms with Crippen LogP contribution in [0.4, 0.5) is 43.4 Å². The standard InChI is InChI=1S/C27H29ClF6N4O4S/c28-22-14-19(4-8-24(22)43-27(32,33)34)36-17-9-11-37(12-10-17)25(39)15-42-20-5-1-16(2-6-20)35-18-3-7-23(38(40)41)21(13-18)26(29,30)31/h3-4,7-8,13-14,16-17,20,35-36H,1-2,5-6,9-12,15H2. The summed E-state index contributed by atoms with van der Waals surface area (Å²) in [6, 6.07) is 7.06. The third kappa shape index (κ3) is 9.54. The summed E-state index contributed by atoms with van der Waals surface area (Å²) in [5, 5.41) is 17.2. The normalized spacial score (nSPS) is 20.1. The lowest BCUT2D eigenvalue weighted by Gasteiger charge is -2.34. The zero-order chi connectivity index (χ0) is 31.4. The average Bonchev–Trinajstić information content (AvgIpc) is 2.93. The molecule has 2 N–H and O–H groups in total. The Morgan fingerprint density at radius 3 is 2.09 bits per heavy atom. The Morgan fingerprint density at radius 1 is 0.953 bits per heavy atom. The van der Waals surface area contributed by atoms with Gasteiger partial charge in [-0.3, -0.25) is 14.9 Å². The van der Waals surface area contributed by atoms with Crippen LogP contribution in [0, 0.1) is 10.1 Å². The lowest BCUT2D eigenvalue weighted by atomic mass is 9.92. The van der Waals surface area contributed by atoms with E-state index < -0.39 is 27.9 Å². The lowest BCUT2D eigenvalue weighted by Crippen LogP contribution is -2.44. The number of benzene rings is 2. The summed E-state index contributed by atoms with van der Waals surface area (Å²) in [7, 11) is 0. The molecule has 0 spiro atoms. The molecule has 2 aliphatic rings. The Morgan fingerprint density at radius 2 is 1.53 bits per heavy atom. The summed E-state index contributed by atoms with van der Waals surface area (Å²) in [6.07, 6.45) is -1.38. The molecule has 0 radical (unpaired) electrons. The Bertz CT molecular complexity index is 1300. The number of carbonyl (C=O) groups excluding carboxylic acids is 1. The van der Waals surface area contributed by atoms with Crippen LogP contribution in [0.2, 0.25) is 5.02 Å². The first-order chi connectivity index (χ1) is 20.2. The molecule has 1 heterocycles. The summed E-state index contributed by atoms with van der Waals surface area (Å²) >= 11 is 5.74. The molecule has 4 rings (SSSR count). The van der Waals surface area contributed by atoms with Crippen LogP contribution in [0.25, 0.3) is 0 Å². The molecule has 236 valence electrons. The van der Waals surface area contributed by atoms with Crippen LogP contribution in [0.15, 0.2) is 41.3 Å². The first-order valence-electron chi connectivity index (χ1n) is 13.5. The smallest absolute Gasteiger partial charge is 0.382 e. The van der Waals surface area contributed by atoms with Gasteiger partial charge in [0.25, 0.3) is 5.69 Å². The number of nitrogens with one attached hydrogen (secondary N) is 2. The zero-order valence-corrected chi connectivity index (χ0v) is 24.2. The van der Waals surface area contributed by atoms with Gasteiger partial charge in [0, 0.05) is 47.5 Å². The molecule has 43 heavy (non-hydrogen) atoms. The number of carbonyl (C=O) groups is 1. The number of nitrogens with zero attached hydrogens (tertiary/aromatic N) is 2. The Balaban J connectivity index is 1.17. The quantitative estimate of drug-likeness (QED) is 0.124. The van der Waals surface area contributed by atoms with E-state index in [2.05, 4.69) is 10.6 Å². The molecule has 2 aromatic rings. The molecule has 0 aromatic heterocycles. The van der Waals surface area contributed by atoms with Gasteiger partial charge >= 0.3 is 11.7 Å². The van der Waals surface area contributed by atoms with E-state index in [9.17, 15) is 41.3 Å². The van der Waals surface area contributed by atoms with Crippen molar-refractivity contribution in [2.24, 2.45) is 0 Å². The SMILES string of the molecule is O=C(COC1CCC(Nc2ccc([N+](=O)[O-])c(C(F)(F)F)c2)CC1)N1CCC(Nc2ccc(SC(F)(F)F)c(Cl)c2)CC1. The number of anilines is 2. The molecule has 0 atom stereocenters. The van der Waals surface area contributed by atoms with Gasteiger partial charge in [0.2, 0.25) is 5.91 Å². The van der Waals surface area contributed by atoms with Gasteiger partial charge in [-0.15, -0.1) is 0 Å². The maximum Gasteiger partial charge on any atom is 0.446 e. The minimum atomic E-state index is -4.85. The number of piperidine rings is 1. The van der Waals surface area contributed by atoms with E-state index in [4.69, 9.17) is 16.3 Å². The molecule has 0 unspecified atom stereocenters. The largest absolute Gasteiger partial charge is 0.446 e. The number of hydrogen-bond acceptors (Lipinski definition) is 7. The number of halogens is 7. The van der Waals surface area contributed by atoms with Gasteiger partial charge in [0.05, 0.1) is 16.0 Å². The lowest BCUT2D eigenvalue weighted by molar-refractivity contribution is -0.388. The third-order valence-electron chi connectivity index (χ3n) is 7.36. The highest BCUT2D eigenvalue weighted by atomic mass is 35.5. The number of hydrogen-bond donors (Lipinski definition) is 2. The monoisotopic (exact) mass is 654 g/mol. The average molecular weight is 655 g/mol. The van der Waals surface area contributed by atoms with Gasteiger partial charge in [-0.1, -0.05) is 11.6 Å². The van der Waals surface area contributed by atoms with Crippen LogP contribution in [0.1, 0.15) is 44.1 Å². The molecule has 2 fully saturated rings. The zero-order valence-electron chi connectivity index (χ0n) is 22.6.